The Kier molecular flexibility index (Phi) is 8.54. The van der Waals surface area contributed by atoms with E-state index in [2.05, 4.69) is 46.0 Å². The molecule has 7 rings (SSSR count). The lowest BCUT2D eigenvalue weighted by Gasteiger charge is -2.36. The van der Waals surface area contributed by atoms with Gasteiger partial charge in [0.05, 0.1) is 17.8 Å². The van der Waals surface area contributed by atoms with Crippen molar-refractivity contribution in [3.8, 4) is 0 Å². The molecule has 4 aromatic rings. The molecule has 13 heteroatoms. The molecule has 0 spiro atoms. The Morgan fingerprint density at radius 3 is 2.51 bits per heavy atom. The molecular formula is C34H40N10O3. The van der Waals surface area contributed by atoms with E-state index >= 15 is 0 Å². The normalized spacial score (nSPS) is 19.3. The van der Waals surface area contributed by atoms with Gasteiger partial charge >= 0.3 is 0 Å². The molecule has 3 amide bonds. The van der Waals surface area contributed by atoms with Gasteiger partial charge < -0.3 is 19.7 Å². The molecule has 1 unspecified atom stereocenters. The number of aromatic nitrogens is 5. The highest BCUT2D eigenvalue weighted by Crippen LogP contribution is 2.35. The number of fused-ring (bicyclic) bond motifs is 1. The topological polar surface area (TPSA) is 141 Å². The van der Waals surface area contributed by atoms with Crippen molar-refractivity contribution < 1.29 is 14.4 Å². The highest BCUT2D eigenvalue weighted by atomic mass is 16.2. The summed E-state index contributed by atoms with van der Waals surface area (Å²) in [6.45, 7) is 4.24. The van der Waals surface area contributed by atoms with Crippen molar-refractivity contribution in [1.29, 1.82) is 0 Å². The van der Waals surface area contributed by atoms with Gasteiger partial charge in [-0.25, -0.2) is 9.97 Å². The zero-order valence-electron chi connectivity index (χ0n) is 26.9. The molecule has 0 aromatic carbocycles. The molecule has 2 aliphatic heterocycles. The molecule has 13 nitrogen and oxygen atoms in total. The number of pyridine rings is 2. The van der Waals surface area contributed by atoms with Gasteiger partial charge in [-0.05, 0) is 48.6 Å². The van der Waals surface area contributed by atoms with Gasteiger partial charge in [0.15, 0.2) is 0 Å². The molecule has 3 fully saturated rings. The van der Waals surface area contributed by atoms with Crippen molar-refractivity contribution in [3.05, 3.63) is 65.9 Å². The summed E-state index contributed by atoms with van der Waals surface area (Å²) in [5.41, 5.74) is 4.41. The maximum absolute atomic E-state index is 13.0. The molecule has 1 atom stereocenters. The number of nitrogens with one attached hydrogen (secondary N) is 2. The van der Waals surface area contributed by atoms with Crippen molar-refractivity contribution in [1.82, 2.24) is 39.6 Å². The molecular weight excluding hydrogens is 596 g/mol. The molecule has 6 heterocycles. The number of hydrogen-bond donors (Lipinski definition) is 2. The quantitative estimate of drug-likeness (QED) is 0.276. The van der Waals surface area contributed by atoms with Crippen LogP contribution in [0.1, 0.15) is 72.1 Å². The zero-order chi connectivity index (χ0) is 32.5. The Morgan fingerprint density at radius 1 is 0.979 bits per heavy atom. The van der Waals surface area contributed by atoms with Crippen LogP contribution >= 0.6 is 0 Å². The van der Waals surface area contributed by atoms with Crippen LogP contribution in [0, 0.1) is 0 Å². The Morgan fingerprint density at radius 2 is 1.79 bits per heavy atom. The highest BCUT2D eigenvalue weighted by Gasteiger charge is 2.29. The van der Waals surface area contributed by atoms with Crippen molar-refractivity contribution in [2.45, 2.75) is 57.0 Å². The predicted octanol–water partition coefficient (Wildman–Crippen LogP) is 3.62. The van der Waals surface area contributed by atoms with Gasteiger partial charge in [0.25, 0.3) is 5.91 Å². The predicted molar refractivity (Wildman–Crippen MR) is 177 cm³/mol. The smallest absolute Gasteiger partial charge is 0.270 e. The first kappa shape index (κ1) is 30.7. The van der Waals surface area contributed by atoms with Gasteiger partial charge in [-0.2, -0.15) is 4.98 Å². The minimum Gasteiger partial charge on any atom is -0.368 e. The molecule has 1 aliphatic carbocycles. The van der Waals surface area contributed by atoms with E-state index in [0.29, 0.717) is 30.3 Å². The summed E-state index contributed by atoms with van der Waals surface area (Å²) >= 11 is 0. The van der Waals surface area contributed by atoms with Crippen LogP contribution < -0.4 is 15.5 Å². The summed E-state index contributed by atoms with van der Waals surface area (Å²) < 4.78 is 2.11. The summed E-state index contributed by atoms with van der Waals surface area (Å²) in [6, 6.07) is 8.21. The van der Waals surface area contributed by atoms with Crippen molar-refractivity contribution in [2.75, 3.05) is 50.5 Å². The third-order valence-corrected chi connectivity index (χ3v) is 9.48. The average Bonchev–Trinajstić information content (AvgIpc) is 3.73. The van der Waals surface area contributed by atoms with E-state index < -0.39 is 0 Å². The van der Waals surface area contributed by atoms with Crippen LogP contribution in [-0.2, 0) is 16.1 Å². The third-order valence-electron chi connectivity index (χ3n) is 9.48. The number of anilines is 3. The maximum atomic E-state index is 13.0. The van der Waals surface area contributed by atoms with E-state index in [1.54, 1.807) is 31.4 Å². The first-order chi connectivity index (χ1) is 22.8. The molecule has 0 bridgehead atoms. The molecule has 1 saturated carbocycles. The fourth-order valence-corrected chi connectivity index (χ4v) is 6.97. The minimum absolute atomic E-state index is 0.0292. The standard InChI is InChI=1S/C34H40N10O3/c1-41(2)33(47)28-16-24-19-37-34(40-31(24)44(28)25-5-3-4-6-25)38-29-9-7-26(20-36-29)43-13-11-42(12-14-43)21-22-15-23(18-35-17-22)27-8-10-30(45)39-32(27)46/h7,9,15-20,25,27H,3-6,8,10-14,21H2,1-2H3,(H,39,45,46)(H,36,37,38,40). The maximum Gasteiger partial charge on any atom is 0.270 e. The summed E-state index contributed by atoms with van der Waals surface area (Å²) in [5.74, 6) is 0.297. The summed E-state index contributed by atoms with van der Waals surface area (Å²) in [5, 5.41) is 6.55. The largest absolute Gasteiger partial charge is 0.368 e. The fraction of sp³-hybridized carbons (Fsp3) is 0.441. The lowest BCUT2D eigenvalue weighted by atomic mass is 9.91. The van der Waals surface area contributed by atoms with Crippen LogP contribution in [0.4, 0.5) is 17.5 Å². The first-order valence-corrected chi connectivity index (χ1v) is 16.4. The second kappa shape index (κ2) is 13.1. The lowest BCUT2D eigenvalue weighted by molar-refractivity contribution is -0.134. The highest BCUT2D eigenvalue weighted by molar-refractivity contribution is 6.01. The number of carbonyl (C=O) groups excluding carboxylic acids is 3. The number of piperidine rings is 1. The molecule has 4 aromatic heterocycles. The van der Waals surface area contributed by atoms with Gasteiger partial charge in [-0.15, -0.1) is 0 Å². The molecule has 2 N–H and O–H groups in total. The van der Waals surface area contributed by atoms with E-state index in [0.717, 1.165) is 86.3 Å². The second-order valence-corrected chi connectivity index (χ2v) is 12.9. The summed E-state index contributed by atoms with van der Waals surface area (Å²) in [7, 11) is 3.55. The van der Waals surface area contributed by atoms with E-state index in [1.165, 1.54) is 0 Å². The first-order valence-electron chi connectivity index (χ1n) is 16.4. The minimum atomic E-state index is -0.327. The van der Waals surface area contributed by atoms with Crippen LogP contribution in [0.25, 0.3) is 11.0 Å². The lowest BCUT2D eigenvalue weighted by Crippen LogP contribution is -2.46. The average molecular weight is 637 g/mol. The Labute approximate surface area is 273 Å². The molecule has 2 saturated heterocycles. The number of imide groups is 1. The number of carbonyl (C=O) groups is 3. The molecule has 47 heavy (non-hydrogen) atoms. The number of amides is 3. The number of rotatable bonds is 8. The molecule has 244 valence electrons. The van der Waals surface area contributed by atoms with Crippen molar-refractivity contribution in [2.24, 2.45) is 0 Å². The zero-order valence-corrected chi connectivity index (χ0v) is 26.9. The van der Waals surface area contributed by atoms with Gasteiger partial charge in [0, 0.05) is 83.3 Å². The van der Waals surface area contributed by atoms with Gasteiger partial charge in [-0.1, -0.05) is 18.9 Å². The van der Waals surface area contributed by atoms with E-state index in [1.807, 2.05) is 30.6 Å². The van der Waals surface area contributed by atoms with Crippen LogP contribution in [0.3, 0.4) is 0 Å². The van der Waals surface area contributed by atoms with Crippen LogP contribution in [0.15, 0.2) is 49.1 Å². The number of piperazine rings is 1. The van der Waals surface area contributed by atoms with Gasteiger partial charge in [0.2, 0.25) is 17.8 Å². The van der Waals surface area contributed by atoms with Crippen LogP contribution in [-0.4, -0.2) is 92.3 Å². The van der Waals surface area contributed by atoms with Gasteiger partial charge in [0.1, 0.15) is 17.2 Å². The van der Waals surface area contributed by atoms with Crippen LogP contribution in [0.2, 0.25) is 0 Å². The van der Waals surface area contributed by atoms with E-state index in [-0.39, 0.29) is 29.7 Å². The number of hydrogen-bond acceptors (Lipinski definition) is 10. The Hall–Kier alpha value is -4.91. The third kappa shape index (κ3) is 6.53. The van der Waals surface area contributed by atoms with Crippen molar-refractivity contribution >= 4 is 46.2 Å². The molecule has 3 aliphatic rings. The second-order valence-electron chi connectivity index (χ2n) is 12.9. The SMILES string of the molecule is CN(C)C(=O)c1cc2cnc(Nc3ccc(N4CCN(Cc5cncc(C6CCC(=O)NC6=O)c5)CC4)cn3)nc2n1C1CCCC1. The Balaban J connectivity index is 0.976. The van der Waals surface area contributed by atoms with E-state index in [9.17, 15) is 14.4 Å². The monoisotopic (exact) mass is 636 g/mol. The summed E-state index contributed by atoms with van der Waals surface area (Å²) in [6.07, 6.45) is 12.5. The van der Waals surface area contributed by atoms with Gasteiger partial charge in [-0.3, -0.25) is 29.6 Å². The van der Waals surface area contributed by atoms with E-state index in [4.69, 9.17) is 4.98 Å². The van der Waals surface area contributed by atoms with Crippen molar-refractivity contribution in [3.63, 3.8) is 0 Å². The fourth-order valence-electron chi connectivity index (χ4n) is 6.97. The van der Waals surface area contributed by atoms with Crippen LogP contribution in [0.5, 0.6) is 0 Å². The Bertz CT molecular complexity index is 1790. The summed E-state index contributed by atoms with van der Waals surface area (Å²) in [4.78, 5) is 61.6. The molecule has 0 radical (unpaired) electrons. The number of nitrogens with zero attached hydrogens (tertiary/aromatic N) is 8.